The SMILES string of the molecule is CN1C(=O)C[C@H](C(=O)Nc2nccs2)[C@H]1c1cccs1. The average Bonchev–Trinajstić information content (AvgIpc) is 3.13. The van der Waals surface area contributed by atoms with Crippen molar-refractivity contribution in [2.45, 2.75) is 12.5 Å². The predicted octanol–water partition coefficient (Wildman–Crippen LogP) is 2.36. The van der Waals surface area contributed by atoms with Gasteiger partial charge in [-0.15, -0.1) is 22.7 Å². The van der Waals surface area contributed by atoms with E-state index in [-0.39, 0.29) is 30.2 Å². The lowest BCUT2D eigenvalue weighted by Gasteiger charge is -2.22. The van der Waals surface area contributed by atoms with Crippen molar-refractivity contribution in [1.29, 1.82) is 0 Å². The summed E-state index contributed by atoms with van der Waals surface area (Å²) in [4.78, 5) is 31.1. The van der Waals surface area contributed by atoms with Crippen molar-refractivity contribution in [2.75, 3.05) is 12.4 Å². The van der Waals surface area contributed by atoms with Gasteiger partial charge in [0, 0.05) is 29.9 Å². The fraction of sp³-hybridized carbons (Fsp3) is 0.308. The van der Waals surface area contributed by atoms with Crippen molar-refractivity contribution >= 4 is 39.6 Å². The number of anilines is 1. The van der Waals surface area contributed by atoms with E-state index in [1.54, 1.807) is 34.9 Å². The second-order valence-corrected chi connectivity index (χ2v) is 6.48. The molecular weight excluding hydrogens is 294 g/mol. The van der Waals surface area contributed by atoms with Crippen LogP contribution in [0, 0.1) is 5.92 Å². The minimum absolute atomic E-state index is 0.00249. The first-order valence-electron chi connectivity index (χ1n) is 6.16. The second-order valence-electron chi connectivity index (χ2n) is 4.60. The summed E-state index contributed by atoms with van der Waals surface area (Å²) in [7, 11) is 1.75. The van der Waals surface area contributed by atoms with Crippen LogP contribution in [-0.2, 0) is 9.59 Å². The molecule has 0 aromatic carbocycles. The lowest BCUT2D eigenvalue weighted by molar-refractivity contribution is -0.127. The summed E-state index contributed by atoms with van der Waals surface area (Å²) in [6.07, 6.45) is 1.89. The fourth-order valence-electron chi connectivity index (χ4n) is 2.44. The standard InChI is InChI=1S/C13H13N3O2S2/c1-16-10(17)7-8(11(16)9-3-2-5-19-9)12(18)15-13-14-4-6-20-13/h2-6,8,11H,7H2,1H3,(H,14,15,18)/t8-,11-/m0/s1. The van der Waals surface area contributed by atoms with Crippen molar-refractivity contribution in [3.8, 4) is 0 Å². The number of carbonyl (C=O) groups excluding carboxylic acids is 2. The third kappa shape index (κ3) is 2.34. The van der Waals surface area contributed by atoms with Crippen molar-refractivity contribution in [3.05, 3.63) is 34.0 Å². The number of carbonyl (C=O) groups is 2. The molecule has 2 amide bonds. The Morgan fingerprint density at radius 1 is 1.45 bits per heavy atom. The molecule has 0 aliphatic carbocycles. The number of hydrogen-bond donors (Lipinski definition) is 1. The largest absolute Gasteiger partial charge is 0.337 e. The van der Waals surface area contributed by atoms with Gasteiger partial charge in [-0.25, -0.2) is 4.98 Å². The Kier molecular flexibility index (Phi) is 3.54. The van der Waals surface area contributed by atoms with Crippen LogP contribution < -0.4 is 5.32 Å². The highest BCUT2D eigenvalue weighted by atomic mass is 32.1. The highest BCUT2D eigenvalue weighted by Gasteiger charge is 2.43. The van der Waals surface area contributed by atoms with Crippen LogP contribution in [0.1, 0.15) is 17.3 Å². The third-order valence-electron chi connectivity index (χ3n) is 3.42. The van der Waals surface area contributed by atoms with E-state index in [0.717, 1.165) is 4.88 Å². The Hall–Kier alpha value is -1.73. The molecule has 2 aromatic heterocycles. The minimum atomic E-state index is -0.366. The number of nitrogens with zero attached hydrogens (tertiary/aromatic N) is 2. The maximum Gasteiger partial charge on any atom is 0.232 e. The number of likely N-dealkylation sites (tertiary alicyclic amines) is 1. The molecule has 3 heterocycles. The first kappa shape index (κ1) is 13.3. The summed E-state index contributed by atoms with van der Waals surface area (Å²) < 4.78 is 0. The van der Waals surface area contributed by atoms with Gasteiger partial charge in [0.2, 0.25) is 11.8 Å². The van der Waals surface area contributed by atoms with Crippen LogP contribution in [0.5, 0.6) is 0 Å². The van der Waals surface area contributed by atoms with Gasteiger partial charge < -0.3 is 10.2 Å². The number of rotatable bonds is 3. The van der Waals surface area contributed by atoms with E-state index < -0.39 is 0 Å². The molecule has 2 atom stereocenters. The Bertz CT molecular complexity index is 610. The zero-order valence-corrected chi connectivity index (χ0v) is 12.4. The monoisotopic (exact) mass is 307 g/mol. The van der Waals surface area contributed by atoms with Crippen LogP contribution in [0.3, 0.4) is 0 Å². The summed E-state index contributed by atoms with van der Waals surface area (Å²) in [6.45, 7) is 0. The van der Waals surface area contributed by atoms with E-state index in [9.17, 15) is 9.59 Å². The van der Waals surface area contributed by atoms with Crippen LogP contribution in [0.25, 0.3) is 0 Å². The Morgan fingerprint density at radius 3 is 2.95 bits per heavy atom. The summed E-state index contributed by atoms with van der Waals surface area (Å²) in [6, 6.07) is 3.73. The number of hydrogen-bond acceptors (Lipinski definition) is 5. The molecule has 1 N–H and O–H groups in total. The maximum absolute atomic E-state index is 12.4. The van der Waals surface area contributed by atoms with Crippen LogP contribution in [0.2, 0.25) is 0 Å². The van der Waals surface area contributed by atoms with Gasteiger partial charge in [-0.1, -0.05) is 6.07 Å². The molecule has 0 radical (unpaired) electrons. The zero-order chi connectivity index (χ0) is 14.1. The molecule has 1 aliphatic heterocycles. The molecule has 1 aliphatic rings. The topological polar surface area (TPSA) is 62.3 Å². The molecule has 1 saturated heterocycles. The number of amides is 2. The average molecular weight is 307 g/mol. The summed E-state index contributed by atoms with van der Waals surface area (Å²) in [5, 5.41) is 7.13. The molecule has 3 rings (SSSR count). The smallest absolute Gasteiger partial charge is 0.232 e. The van der Waals surface area contributed by atoms with Crippen LogP contribution in [0.15, 0.2) is 29.1 Å². The van der Waals surface area contributed by atoms with E-state index in [0.29, 0.717) is 5.13 Å². The van der Waals surface area contributed by atoms with Crippen LogP contribution in [-0.4, -0.2) is 28.7 Å². The predicted molar refractivity (Wildman–Crippen MR) is 78.7 cm³/mol. The third-order valence-corrected chi connectivity index (χ3v) is 5.05. The molecule has 0 bridgehead atoms. The van der Waals surface area contributed by atoms with E-state index in [1.807, 2.05) is 17.5 Å². The number of nitrogens with one attached hydrogen (secondary N) is 1. The van der Waals surface area contributed by atoms with Gasteiger partial charge in [-0.2, -0.15) is 0 Å². The molecule has 0 spiro atoms. The first-order chi connectivity index (χ1) is 9.66. The molecule has 20 heavy (non-hydrogen) atoms. The van der Waals surface area contributed by atoms with Crippen LogP contribution in [0.4, 0.5) is 5.13 Å². The molecule has 2 aromatic rings. The maximum atomic E-state index is 12.4. The van der Waals surface area contributed by atoms with Crippen LogP contribution >= 0.6 is 22.7 Å². The van der Waals surface area contributed by atoms with E-state index >= 15 is 0 Å². The first-order valence-corrected chi connectivity index (χ1v) is 7.92. The molecular formula is C13H13N3O2S2. The lowest BCUT2D eigenvalue weighted by Crippen LogP contribution is -2.29. The van der Waals surface area contributed by atoms with Gasteiger partial charge >= 0.3 is 0 Å². The molecule has 0 saturated carbocycles. The van der Waals surface area contributed by atoms with E-state index in [4.69, 9.17) is 0 Å². The van der Waals surface area contributed by atoms with Gasteiger partial charge in [-0.05, 0) is 11.4 Å². The van der Waals surface area contributed by atoms with Crippen molar-refractivity contribution < 1.29 is 9.59 Å². The highest BCUT2D eigenvalue weighted by molar-refractivity contribution is 7.13. The highest BCUT2D eigenvalue weighted by Crippen LogP contribution is 2.39. The minimum Gasteiger partial charge on any atom is -0.337 e. The fourth-order valence-corrected chi connectivity index (χ4v) is 3.90. The van der Waals surface area contributed by atoms with E-state index in [2.05, 4.69) is 10.3 Å². The Balaban J connectivity index is 1.83. The molecule has 7 heteroatoms. The normalized spacial score (nSPS) is 22.2. The Morgan fingerprint density at radius 2 is 2.30 bits per heavy atom. The van der Waals surface area contributed by atoms with Gasteiger partial charge in [-0.3, -0.25) is 9.59 Å². The zero-order valence-electron chi connectivity index (χ0n) is 10.8. The summed E-state index contributed by atoms with van der Waals surface area (Å²) >= 11 is 2.94. The van der Waals surface area contributed by atoms with Gasteiger partial charge in [0.1, 0.15) is 0 Å². The number of thiazole rings is 1. The van der Waals surface area contributed by atoms with Gasteiger partial charge in [0.05, 0.1) is 12.0 Å². The number of thiophene rings is 1. The van der Waals surface area contributed by atoms with Gasteiger partial charge in [0.25, 0.3) is 0 Å². The summed E-state index contributed by atoms with van der Waals surface area (Å²) in [5.74, 6) is -0.506. The molecule has 1 fully saturated rings. The lowest BCUT2D eigenvalue weighted by atomic mass is 9.98. The van der Waals surface area contributed by atoms with Gasteiger partial charge in [0.15, 0.2) is 5.13 Å². The van der Waals surface area contributed by atoms with Crippen molar-refractivity contribution in [1.82, 2.24) is 9.88 Å². The summed E-state index contributed by atoms with van der Waals surface area (Å²) in [5.41, 5.74) is 0. The second kappa shape index (κ2) is 5.34. The Labute approximate surface area is 124 Å². The van der Waals surface area contributed by atoms with Crippen molar-refractivity contribution in [3.63, 3.8) is 0 Å². The quantitative estimate of drug-likeness (QED) is 0.947. The molecule has 5 nitrogen and oxygen atoms in total. The van der Waals surface area contributed by atoms with E-state index in [1.165, 1.54) is 11.3 Å². The molecule has 0 unspecified atom stereocenters. The molecule has 104 valence electrons. The van der Waals surface area contributed by atoms with Crippen molar-refractivity contribution in [2.24, 2.45) is 5.92 Å². The number of aromatic nitrogens is 1.